The molecule has 1 heterocycles. The summed E-state index contributed by atoms with van der Waals surface area (Å²) in [5.74, 6) is 1.14. The first kappa shape index (κ1) is 16.0. The standard InChI is InChI=1S/C17H15Cl2NO3/c1-22-14-5-9-6-16(21)20-17(12(9)8-15(14)23-2)11-4-3-10(18)7-13(11)19/h3-5,7-8,17H,6H2,1-2H3,(H,20,21)/t17-/m1/s1. The number of hydrogen-bond donors (Lipinski definition) is 1. The Hall–Kier alpha value is -1.91. The fourth-order valence-electron chi connectivity index (χ4n) is 2.80. The summed E-state index contributed by atoms with van der Waals surface area (Å²) in [6, 6.07) is 8.61. The molecule has 0 saturated carbocycles. The highest BCUT2D eigenvalue weighted by molar-refractivity contribution is 6.35. The van der Waals surface area contributed by atoms with Gasteiger partial charge in [0.25, 0.3) is 0 Å². The van der Waals surface area contributed by atoms with Gasteiger partial charge >= 0.3 is 0 Å². The molecule has 23 heavy (non-hydrogen) atoms. The number of carbonyl (C=O) groups is 1. The van der Waals surface area contributed by atoms with Crippen LogP contribution in [0.25, 0.3) is 0 Å². The molecule has 0 spiro atoms. The van der Waals surface area contributed by atoms with Crippen LogP contribution in [0.15, 0.2) is 30.3 Å². The Morgan fingerprint density at radius 1 is 1.04 bits per heavy atom. The molecular weight excluding hydrogens is 337 g/mol. The van der Waals surface area contributed by atoms with E-state index in [1.54, 1.807) is 26.4 Å². The van der Waals surface area contributed by atoms with E-state index in [1.807, 2.05) is 18.2 Å². The van der Waals surface area contributed by atoms with E-state index in [-0.39, 0.29) is 18.4 Å². The van der Waals surface area contributed by atoms with Gasteiger partial charge in [0, 0.05) is 10.0 Å². The Labute approximate surface area is 144 Å². The zero-order chi connectivity index (χ0) is 16.6. The molecule has 1 N–H and O–H groups in total. The maximum Gasteiger partial charge on any atom is 0.225 e. The van der Waals surface area contributed by atoms with Crippen LogP contribution in [0.3, 0.4) is 0 Å². The molecule has 0 aromatic heterocycles. The fourth-order valence-corrected chi connectivity index (χ4v) is 3.32. The van der Waals surface area contributed by atoms with E-state index < -0.39 is 0 Å². The Morgan fingerprint density at radius 2 is 1.74 bits per heavy atom. The topological polar surface area (TPSA) is 47.6 Å². The van der Waals surface area contributed by atoms with E-state index in [0.29, 0.717) is 21.5 Å². The second-order valence-electron chi connectivity index (χ2n) is 5.25. The molecule has 0 bridgehead atoms. The number of fused-ring (bicyclic) bond motifs is 1. The Balaban J connectivity index is 2.16. The molecule has 1 atom stereocenters. The van der Waals surface area contributed by atoms with Gasteiger partial charge in [-0.1, -0.05) is 29.3 Å². The third kappa shape index (κ3) is 2.96. The SMILES string of the molecule is COc1cc2c(cc1OC)[C@@H](c1ccc(Cl)cc1Cl)NC(=O)C2. The first-order valence-corrected chi connectivity index (χ1v) is 7.78. The average Bonchev–Trinajstić information content (AvgIpc) is 2.53. The van der Waals surface area contributed by atoms with Crippen molar-refractivity contribution >= 4 is 29.1 Å². The molecule has 2 aromatic rings. The van der Waals surface area contributed by atoms with Crippen LogP contribution in [0, 0.1) is 0 Å². The van der Waals surface area contributed by atoms with Crippen molar-refractivity contribution < 1.29 is 14.3 Å². The molecule has 0 radical (unpaired) electrons. The van der Waals surface area contributed by atoms with Crippen molar-refractivity contribution in [3.05, 3.63) is 57.1 Å². The molecule has 1 amide bonds. The minimum Gasteiger partial charge on any atom is -0.493 e. The van der Waals surface area contributed by atoms with Gasteiger partial charge in [-0.25, -0.2) is 0 Å². The lowest BCUT2D eigenvalue weighted by molar-refractivity contribution is -0.121. The van der Waals surface area contributed by atoms with Gasteiger partial charge in [-0.05, 0) is 41.0 Å². The minimum absolute atomic E-state index is 0.0688. The number of ether oxygens (including phenoxy) is 2. The summed E-state index contributed by atoms with van der Waals surface area (Å²) in [5.41, 5.74) is 2.62. The number of nitrogens with one attached hydrogen (secondary N) is 1. The molecule has 0 aliphatic carbocycles. The molecular formula is C17H15Cl2NO3. The number of rotatable bonds is 3. The number of methoxy groups -OCH3 is 2. The van der Waals surface area contributed by atoms with Crippen LogP contribution < -0.4 is 14.8 Å². The monoisotopic (exact) mass is 351 g/mol. The molecule has 1 aliphatic heterocycles. The van der Waals surface area contributed by atoms with Gasteiger partial charge in [0.15, 0.2) is 11.5 Å². The summed E-state index contributed by atoms with van der Waals surface area (Å²) in [6.07, 6.45) is 0.289. The molecule has 0 fully saturated rings. The predicted octanol–water partition coefficient (Wildman–Crippen LogP) is 3.77. The lowest BCUT2D eigenvalue weighted by Crippen LogP contribution is -2.36. The van der Waals surface area contributed by atoms with Crippen LogP contribution in [0.5, 0.6) is 11.5 Å². The second kappa shape index (κ2) is 6.30. The van der Waals surface area contributed by atoms with Gasteiger partial charge < -0.3 is 14.8 Å². The van der Waals surface area contributed by atoms with Gasteiger partial charge in [-0.2, -0.15) is 0 Å². The number of hydrogen-bond acceptors (Lipinski definition) is 3. The number of amides is 1. The highest BCUT2D eigenvalue weighted by atomic mass is 35.5. The van der Waals surface area contributed by atoms with Crippen LogP contribution >= 0.6 is 23.2 Å². The minimum atomic E-state index is -0.351. The average molecular weight is 352 g/mol. The van der Waals surface area contributed by atoms with Crippen molar-refractivity contribution in [1.29, 1.82) is 0 Å². The number of halogens is 2. The smallest absolute Gasteiger partial charge is 0.225 e. The van der Waals surface area contributed by atoms with E-state index >= 15 is 0 Å². The van der Waals surface area contributed by atoms with E-state index in [1.165, 1.54) is 0 Å². The van der Waals surface area contributed by atoms with Crippen LogP contribution in [-0.2, 0) is 11.2 Å². The Bertz CT molecular complexity index is 777. The molecule has 0 unspecified atom stereocenters. The molecule has 120 valence electrons. The Kier molecular flexibility index (Phi) is 4.37. The van der Waals surface area contributed by atoms with Crippen molar-refractivity contribution in [3.8, 4) is 11.5 Å². The van der Waals surface area contributed by atoms with Crippen molar-refractivity contribution in [3.63, 3.8) is 0 Å². The number of carbonyl (C=O) groups excluding carboxylic acids is 1. The molecule has 0 saturated heterocycles. The predicted molar refractivity (Wildman–Crippen MR) is 89.7 cm³/mol. The largest absolute Gasteiger partial charge is 0.493 e. The first-order valence-electron chi connectivity index (χ1n) is 7.02. The van der Waals surface area contributed by atoms with Crippen molar-refractivity contribution in [2.24, 2.45) is 0 Å². The summed E-state index contributed by atoms with van der Waals surface area (Å²) in [4.78, 5) is 12.1. The highest BCUT2D eigenvalue weighted by Crippen LogP contribution is 2.39. The van der Waals surface area contributed by atoms with Crippen LogP contribution in [0.1, 0.15) is 22.7 Å². The zero-order valence-electron chi connectivity index (χ0n) is 12.7. The fraction of sp³-hybridized carbons (Fsp3) is 0.235. The molecule has 2 aromatic carbocycles. The highest BCUT2D eigenvalue weighted by Gasteiger charge is 2.29. The summed E-state index contributed by atoms with van der Waals surface area (Å²) in [7, 11) is 3.15. The van der Waals surface area contributed by atoms with Gasteiger partial charge in [0.1, 0.15) is 0 Å². The number of benzene rings is 2. The van der Waals surface area contributed by atoms with Crippen molar-refractivity contribution in [2.45, 2.75) is 12.5 Å². The lowest BCUT2D eigenvalue weighted by atomic mass is 9.89. The van der Waals surface area contributed by atoms with Crippen LogP contribution in [0.4, 0.5) is 0 Å². The maximum atomic E-state index is 12.1. The van der Waals surface area contributed by atoms with E-state index in [9.17, 15) is 4.79 Å². The summed E-state index contributed by atoms with van der Waals surface area (Å²) in [5, 5.41) is 4.03. The van der Waals surface area contributed by atoms with Crippen LogP contribution in [0.2, 0.25) is 10.0 Å². The van der Waals surface area contributed by atoms with Crippen molar-refractivity contribution in [2.75, 3.05) is 14.2 Å². The molecule has 6 heteroatoms. The van der Waals surface area contributed by atoms with Gasteiger partial charge in [0.2, 0.25) is 5.91 Å². The molecule has 4 nitrogen and oxygen atoms in total. The third-order valence-corrected chi connectivity index (χ3v) is 4.45. The summed E-state index contributed by atoms with van der Waals surface area (Å²) >= 11 is 12.3. The maximum absolute atomic E-state index is 12.1. The van der Waals surface area contributed by atoms with Gasteiger partial charge in [-0.15, -0.1) is 0 Å². The van der Waals surface area contributed by atoms with Gasteiger partial charge in [-0.3, -0.25) is 4.79 Å². The Morgan fingerprint density at radius 3 is 2.39 bits per heavy atom. The van der Waals surface area contributed by atoms with E-state index in [4.69, 9.17) is 32.7 Å². The van der Waals surface area contributed by atoms with Crippen LogP contribution in [-0.4, -0.2) is 20.1 Å². The zero-order valence-corrected chi connectivity index (χ0v) is 14.2. The third-order valence-electron chi connectivity index (χ3n) is 3.89. The molecule has 1 aliphatic rings. The van der Waals surface area contributed by atoms with E-state index in [2.05, 4.69) is 5.32 Å². The quantitative estimate of drug-likeness (QED) is 0.915. The van der Waals surface area contributed by atoms with Crippen molar-refractivity contribution in [1.82, 2.24) is 5.32 Å². The summed E-state index contributed by atoms with van der Waals surface area (Å²) < 4.78 is 10.7. The van der Waals surface area contributed by atoms with Gasteiger partial charge in [0.05, 0.1) is 26.7 Å². The molecule has 3 rings (SSSR count). The lowest BCUT2D eigenvalue weighted by Gasteiger charge is -2.28. The summed E-state index contributed by atoms with van der Waals surface area (Å²) in [6.45, 7) is 0. The first-order chi connectivity index (χ1) is 11.0. The van der Waals surface area contributed by atoms with E-state index in [0.717, 1.165) is 16.7 Å². The normalized spacial score (nSPS) is 16.5. The second-order valence-corrected chi connectivity index (χ2v) is 6.09.